The average molecular weight is 634 g/mol. The number of carbonyl (C=O) groups is 4. The molecule has 238 valence electrons. The lowest BCUT2D eigenvalue weighted by molar-refractivity contribution is -0.180. The van der Waals surface area contributed by atoms with E-state index in [9.17, 15) is 42.7 Å². The second-order valence-corrected chi connectivity index (χ2v) is 11.7. The molecule has 1 aliphatic heterocycles. The molecule has 0 saturated carbocycles. The third-order valence-electron chi connectivity index (χ3n) is 7.84. The Kier molecular flexibility index (Phi) is 9.10. The number of Topliss-reactive ketones (excluding diaryl/α,β-unsaturated/α-hetero) is 1. The van der Waals surface area contributed by atoms with Crippen LogP contribution in [0.4, 0.5) is 23.7 Å². The van der Waals surface area contributed by atoms with Crippen LogP contribution in [0, 0.1) is 22.2 Å². The molecule has 12 heteroatoms. The van der Waals surface area contributed by atoms with Crippen molar-refractivity contribution in [1.29, 1.82) is 5.26 Å². The van der Waals surface area contributed by atoms with Crippen LogP contribution in [0.2, 0.25) is 0 Å². The minimum atomic E-state index is -4.75. The largest absolute Gasteiger partial charge is 0.480 e. The summed E-state index contributed by atoms with van der Waals surface area (Å²) in [6.45, 7) is 5.07. The van der Waals surface area contributed by atoms with E-state index < -0.39 is 52.4 Å². The van der Waals surface area contributed by atoms with E-state index in [1.54, 1.807) is 30.3 Å². The maximum Gasteiger partial charge on any atom is 0.416 e. The highest BCUT2D eigenvalue weighted by molar-refractivity contribution is 6.27. The highest BCUT2D eigenvalue weighted by Crippen LogP contribution is 2.47. The number of rotatable bonds is 8. The predicted octanol–water partition coefficient (Wildman–Crippen LogP) is 6.55. The summed E-state index contributed by atoms with van der Waals surface area (Å²) in [6.07, 6.45) is -4.75. The number of nitrogens with zero attached hydrogens (tertiary/aromatic N) is 2. The first-order chi connectivity index (χ1) is 21.5. The summed E-state index contributed by atoms with van der Waals surface area (Å²) in [4.78, 5) is 56.3. The molecule has 0 bridgehead atoms. The normalized spacial score (nSPS) is 16.6. The Morgan fingerprint density at radius 2 is 1.61 bits per heavy atom. The summed E-state index contributed by atoms with van der Waals surface area (Å²) in [7, 11) is 0. The number of anilines is 1. The molecular formula is C34H30F3N3O6. The number of halogens is 3. The van der Waals surface area contributed by atoms with E-state index in [1.165, 1.54) is 58.0 Å². The average Bonchev–Trinajstić information content (AvgIpc) is 2.99. The highest BCUT2D eigenvalue weighted by Gasteiger charge is 2.64. The Balaban J connectivity index is 1.96. The molecule has 0 radical (unpaired) electrons. The van der Waals surface area contributed by atoms with Gasteiger partial charge in [-0.15, -0.1) is 0 Å². The van der Waals surface area contributed by atoms with Gasteiger partial charge in [-0.3, -0.25) is 19.3 Å². The van der Waals surface area contributed by atoms with Crippen molar-refractivity contribution >= 4 is 29.4 Å². The van der Waals surface area contributed by atoms with Crippen LogP contribution in [0.1, 0.15) is 56.0 Å². The first-order valence-electron chi connectivity index (χ1n) is 14.0. The summed E-state index contributed by atoms with van der Waals surface area (Å²) in [5, 5.41) is 22.6. The number of ether oxygens (including phenoxy) is 1. The zero-order valence-electron chi connectivity index (χ0n) is 25.3. The van der Waals surface area contributed by atoms with Gasteiger partial charge in [-0.05, 0) is 53.8 Å². The van der Waals surface area contributed by atoms with E-state index in [-0.39, 0.29) is 34.7 Å². The number of nitriles is 1. The van der Waals surface area contributed by atoms with E-state index in [2.05, 4.69) is 5.32 Å². The molecular weight excluding hydrogens is 603 g/mol. The number of aliphatic carboxylic acids is 1. The van der Waals surface area contributed by atoms with Gasteiger partial charge >= 0.3 is 24.1 Å². The van der Waals surface area contributed by atoms with Gasteiger partial charge in [-0.1, -0.05) is 69.3 Å². The van der Waals surface area contributed by atoms with Gasteiger partial charge in [-0.2, -0.15) is 18.4 Å². The predicted molar refractivity (Wildman–Crippen MR) is 160 cm³/mol. The number of benzene rings is 3. The molecule has 2 unspecified atom stereocenters. The second-order valence-electron chi connectivity index (χ2n) is 11.7. The third kappa shape index (κ3) is 6.08. The van der Waals surface area contributed by atoms with Crippen molar-refractivity contribution in [3.63, 3.8) is 0 Å². The molecule has 2 amide bonds. The van der Waals surface area contributed by atoms with Crippen LogP contribution < -0.4 is 10.2 Å². The Bertz CT molecular complexity index is 1760. The first-order valence-corrected chi connectivity index (χ1v) is 14.0. The molecule has 46 heavy (non-hydrogen) atoms. The van der Waals surface area contributed by atoms with E-state index in [0.717, 1.165) is 23.1 Å². The summed E-state index contributed by atoms with van der Waals surface area (Å²) >= 11 is 0. The van der Waals surface area contributed by atoms with Gasteiger partial charge in [0.25, 0.3) is 0 Å². The molecule has 4 rings (SSSR count). The maximum absolute atomic E-state index is 14.8. The van der Waals surface area contributed by atoms with Crippen molar-refractivity contribution in [2.24, 2.45) is 10.8 Å². The van der Waals surface area contributed by atoms with Gasteiger partial charge in [0, 0.05) is 11.3 Å². The van der Waals surface area contributed by atoms with Crippen LogP contribution in [0.25, 0.3) is 0 Å². The summed E-state index contributed by atoms with van der Waals surface area (Å²) < 4.78 is 46.3. The third-order valence-corrected chi connectivity index (χ3v) is 7.84. The number of hydrogen-bond acceptors (Lipinski definition) is 6. The molecule has 2 atom stereocenters. The van der Waals surface area contributed by atoms with E-state index in [1.807, 2.05) is 6.07 Å². The van der Waals surface area contributed by atoms with Crippen molar-refractivity contribution < 1.29 is 42.2 Å². The van der Waals surface area contributed by atoms with E-state index in [0.29, 0.717) is 5.56 Å². The first kappa shape index (κ1) is 33.5. The molecule has 2 N–H and O–H groups in total. The van der Waals surface area contributed by atoms with Crippen LogP contribution >= 0.6 is 0 Å². The highest BCUT2D eigenvalue weighted by atomic mass is 19.4. The monoisotopic (exact) mass is 633 g/mol. The number of ketones is 1. The standard InChI is InChI=1S/C34H30F3N3O6/c1-20-26(28(41)33(29(42)43,32(2,3)4)30(44)46-19-22-9-6-5-7-10-22)27(23-15-13-21(18-38)14-16-23)39-31(45)40(20)25-12-8-11-24(17-25)34(35,36)37/h5-17,27H,19H2,1-4H3,(H,39,45)(H,42,43). The van der Waals surface area contributed by atoms with Gasteiger partial charge in [-0.25, -0.2) is 4.79 Å². The quantitative estimate of drug-likeness (QED) is 0.212. The molecule has 0 spiro atoms. The van der Waals surface area contributed by atoms with E-state index >= 15 is 0 Å². The van der Waals surface area contributed by atoms with Crippen molar-refractivity contribution in [3.05, 3.63) is 112 Å². The molecule has 0 saturated heterocycles. The molecule has 1 heterocycles. The van der Waals surface area contributed by atoms with Gasteiger partial charge in [0.1, 0.15) is 6.61 Å². The van der Waals surface area contributed by atoms with Gasteiger partial charge in [0.05, 0.1) is 28.9 Å². The smallest absolute Gasteiger partial charge is 0.416 e. The van der Waals surface area contributed by atoms with Crippen LogP contribution in [-0.2, 0) is 31.9 Å². The summed E-state index contributed by atoms with van der Waals surface area (Å²) in [5.41, 5.74) is -5.33. The Labute approximate surface area is 262 Å². The number of alkyl halides is 3. The molecule has 0 aliphatic carbocycles. The molecule has 9 nitrogen and oxygen atoms in total. The number of carbonyl (C=O) groups excluding carboxylic acids is 3. The van der Waals surface area contributed by atoms with Crippen molar-refractivity contribution in [3.8, 4) is 6.07 Å². The zero-order chi connectivity index (χ0) is 34.0. The van der Waals surface area contributed by atoms with Gasteiger partial charge in [0.2, 0.25) is 5.41 Å². The lowest BCUT2D eigenvalue weighted by Gasteiger charge is -2.42. The number of hydrogen-bond donors (Lipinski definition) is 2. The fraction of sp³-hybridized carbons (Fsp3) is 0.265. The van der Waals surface area contributed by atoms with Crippen molar-refractivity contribution in [1.82, 2.24) is 5.32 Å². The molecule has 1 aliphatic rings. The summed E-state index contributed by atoms with van der Waals surface area (Å²) in [6, 6.07) is 17.7. The number of allylic oxidation sites excluding steroid dienone is 1. The minimum absolute atomic E-state index is 0.201. The lowest BCUT2D eigenvalue weighted by Crippen LogP contribution is -2.59. The van der Waals surface area contributed by atoms with Crippen LogP contribution in [0.15, 0.2) is 90.1 Å². The number of esters is 1. The fourth-order valence-corrected chi connectivity index (χ4v) is 5.45. The summed E-state index contributed by atoms with van der Waals surface area (Å²) in [5.74, 6) is -4.40. The van der Waals surface area contributed by atoms with Crippen LogP contribution in [0.5, 0.6) is 0 Å². The van der Waals surface area contributed by atoms with Crippen LogP contribution in [0.3, 0.4) is 0 Å². The number of urea groups is 1. The number of carboxylic acids is 1. The minimum Gasteiger partial charge on any atom is -0.480 e. The Hall–Kier alpha value is -5.44. The zero-order valence-corrected chi connectivity index (χ0v) is 25.3. The molecule has 3 aromatic carbocycles. The number of amides is 2. The van der Waals surface area contributed by atoms with Gasteiger partial charge in [0.15, 0.2) is 5.78 Å². The molecule has 0 fully saturated rings. The number of nitrogens with one attached hydrogen (secondary N) is 1. The molecule has 3 aromatic rings. The fourth-order valence-electron chi connectivity index (χ4n) is 5.45. The SMILES string of the molecule is CC1=C(C(=O)C(C(=O)O)(C(=O)OCc2ccccc2)C(C)(C)C)C(c2ccc(C#N)cc2)NC(=O)N1c1cccc(C(F)(F)F)c1. The lowest BCUT2D eigenvalue weighted by atomic mass is 9.61. The van der Waals surface area contributed by atoms with Gasteiger partial charge < -0.3 is 15.2 Å². The van der Waals surface area contributed by atoms with Crippen molar-refractivity contribution in [2.45, 2.75) is 46.5 Å². The van der Waals surface area contributed by atoms with Crippen molar-refractivity contribution in [2.75, 3.05) is 4.90 Å². The van der Waals surface area contributed by atoms with Crippen LogP contribution in [-0.4, -0.2) is 28.9 Å². The van der Waals surface area contributed by atoms with E-state index in [4.69, 9.17) is 4.74 Å². The Morgan fingerprint density at radius 1 is 0.978 bits per heavy atom. The molecule has 0 aromatic heterocycles. The maximum atomic E-state index is 14.8. The Morgan fingerprint density at radius 3 is 2.15 bits per heavy atom. The second kappa shape index (κ2) is 12.5. The number of carboxylic acid groups (broad SMARTS) is 1. The topological polar surface area (TPSA) is 137 Å².